The molecule has 2 rings (SSSR count). The molecule has 0 spiro atoms. The molecule has 1 aliphatic heterocycles. The fraction of sp³-hybridized carbons (Fsp3) is 1.00. The number of nitrogens with two attached hydrogens (primary N) is 1. The number of likely N-dealkylation sites (tertiary alicyclic amines) is 1. The summed E-state index contributed by atoms with van der Waals surface area (Å²) in [5, 5.41) is 0. The molecule has 2 fully saturated rings. The van der Waals surface area contributed by atoms with Crippen LogP contribution in [0.25, 0.3) is 0 Å². The molecular weight excluding hydrogens is 196 g/mol. The Morgan fingerprint density at radius 2 is 2.00 bits per heavy atom. The first kappa shape index (κ1) is 12.4. The molecule has 0 aromatic carbocycles. The highest BCUT2D eigenvalue weighted by molar-refractivity contribution is 5.04. The first-order chi connectivity index (χ1) is 7.78. The van der Waals surface area contributed by atoms with Crippen LogP contribution in [0.3, 0.4) is 0 Å². The van der Waals surface area contributed by atoms with E-state index < -0.39 is 0 Å². The zero-order chi connectivity index (χ0) is 11.6. The summed E-state index contributed by atoms with van der Waals surface area (Å²) >= 11 is 0. The van der Waals surface area contributed by atoms with Gasteiger partial charge in [-0.05, 0) is 44.6 Å². The van der Waals surface area contributed by atoms with Crippen LogP contribution in [-0.2, 0) is 0 Å². The predicted molar refractivity (Wildman–Crippen MR) is 69.4 cm³/mol. The van der Waals surface area contributed by atoms with Crippen LogP contribution < -0.4 is 5.73 Å². The molecule has 2 nitrogen and oxygen atoms in total. The van der Waals surface area contributed by atoms with Crippen molar-refractivity contribution in [2.45, 2.75) is 70.4 Å². The lowest BCUT2D eigenvalue weighted by atomic mass is 9.82. The van der Waals surface area contributed by atoms with Crippen molar-refractivity contribution in [1.82, 2.24) is 4.90 Å². The van der Waals surface area contributed by atoms with Crippen molar-refractivity contribution < 1.29 is 0 Å². The zero-order valence-corrected chi connectivity index (χ0v) is 11.0. The highest BCUT2D eigenvalue weighted by atomic mass is 15.3. The second-order valence-corrected chi connectivity index (χ2v) is 5.70. The summed E-state index contributed by atoms with van der Waals surface area (Å²) in [5.41, 5.74) is 6.56. The predicted octanol–water partition coefficient (Wildman–Crippen LogP) is 2.77. The van der Waals surface area contributed by atoms with Crippen molar-refractivity contribution >= 4 is 0 Å². The standard InChI is InChI=1S/C14H28N2/c1-3-12-7-5-9-14(12,11-15)16-10-6-8-13(16)4-2/h12-13H,3-11,15H2,1-2H3. The maximum absolute atomic E-state index is 6.19. The van der Waals surface area contributed by atoms with Crippen molar-refractivity contribution in [3.63, 3.8) is 0 Å². The van der Waals surface area contributed by atoms with Crippen molar-refractivity contribution in [3.8, 4) is 0 Å². The van der Waals surface area contributed by atoms with E-state index in [1.807, 2.05) is 0 Å². The van der Waals surface area contributed by atoms with Crippen LogP contribution in [0.15, 0.2) is 0 Å². The molecule has 3 atom stereocenters. The molecule has 2 aliphatic rings. The maximum Gasteiger partial charge on any atom is 0.0362 e. The van der Waals surface area contributed by atoms with Crippen LogP contribution in [0.5, 0.6) is 0 Å². The van der Waals surface area contributed by atoms with E-state index in [2.05, 4.69) is 18.7 Å². The van der Waals surface area contributed by atoms with Gasteiger partial charge in [0, 0.05) is 18.1 Å². The Balaban J connectivity index is 2.19. The quantitative estimate of drug-likeness (QED) is 0.795. The van der Waals surface area contributed by atoms with Gasteiger partial charge in [-0.3, -0.25) is 4.90 Å². The van der Waals surface area contributed by atoms with Crippen molar-refractivity contribution in [2.75, 3.05) is 13.1 Å². The molecule has 1 saturated heterocycles. The second kappa shape index (κ2) is 5.05. The molecule has 0 aromatic rings. The Kier molecular flexibility index (Phi) is 3.91. The Hall–Kier alpha value is -0.0800. The second-order valence-electron chi connectivity index (χ2n) is 5.70. The van der Waals surface area contributed by atoms with E-state index in [0.717, 1.165) is 18.5 Å². The van der Waals surface area contributed by atoms with Gasteiger partial charge in [0.25, 0.3) is 0 Å². The zero-order valence-electron chi connectivity index (χ0n) is 11.0. The summed E-state index contributed by atoms with van der Waals surface area (Å²) in [6, 6.07) is 0.815. The minimum absolute atomic E-state index is 0.367. The lowest BCUT2D eigenvalue weighted by Gasteiger charge is -2.46. The highest BCUT2D eigenvalue weighted by Crippen LogP contribution is 2.45. The van der Waals surface area contributed by atoms with E-state index >= 15 is 0 Å². The molecule has 3 unspecified atom stereocenters. The summed E-state index contributed by atoms with van der Waals surface area (Å²) in [4.78, 5) is 2.80. The third kappa shape index (κ3) is 1.80. The lowest BCUT2D eigenvalue weighted by molar-refractivity contribution is 0.0424. The van der Waals surface area contributed by atoms with E-state index in [1.54, 1.807) is 0 Å². The van der Waals surface area contributed by atoms with Gasteiger partial charge in [0.1, 0.15) is 0 Å². The van der Waals surface area contributed by atoms with Crippen LogP contribution in [0.1, 0.15) is 58.8 Å². The molecule has 0 aromatic heterocycles. The fourth-order valence-electron chi connectivity index (χ4n) is 4.32. The van der Waals surface area contributed by atoms with Crippen molar-refractivity contribution in [3.05, 3.63) is 0 Å². The first-order valence-electron chi connectivity index (χ1n) is 7.25. The Labute approximate surface area is 101 Å². The van der Waals surface area contributed by atoms with Crippen LogP contribution in [0, 0.1) is 5.92 Å². The molecule has 1 saturated carbocycles. The normalized spacial score (nSPS) is 40.7. The minimum Gasteiger partial charge on any atom is -0.329 e. The molecule has 16 heavy (non-hydrogen) atoms. The number of rotatable bonds is 4. The molecule has 0 amide bonds. The van der Waals surface area contributed by atoms with Gasteiger partial charge < -0.3 is 5.73 Å². The molecular formula is C14H28N2. The highest BCUT2D eigenvalue weighted by Gasteiger charge is 2.48. The number of hydrogen-bond donors (Lipinski definition) is 1. The van der Waals surface area contributed by atoms with Gasteiger partial charge in [-0.15, -0.1) is 0 Å². The summed E-state index contributed by atoms with van der Waals surface area (Å²) in [5.74, 6) is 0.852. The topological polar surface area (TPSA) is 29.3 Å². The number of nitrogens with zero attached hydrogens (tertiary/aromatic N) is 1. The van der Waals surface area contributed by atoms with Gasteiger partial charge >= 0.3 is 0 Å². The SMILES string of the molecule is CCC1CCCN1C1(CN)CCCC1CC. The van der Waals surface area contributed by atoms with Crippen molar-refractivity contribution in [1.29, 1.82) is 0 Å². The third-order valence-electron chi connectivity index (χ3n) is 5.19. The van der Waals surface area contributed by atoms with Gasteiger partial charge in [0.2, 0.25) is 0 Å². The van der Waals surface area contributed by atoms with E-state index in [0.29, 0.717) is 5.54 Å². The lowest BCUT2D eigenvalue weighted by Crippen LogP contribution is -2.57. The van der Waals surface area contributed by atoms with Crippen LogP contribution in [0.2, 0.25) is 0 Å². The fourth-order valence-corrected chi connectivity index (χ4v) is 4.32. The minimum atomic E-state index is 0.367. The van der Waals surface area contributed by atoms with Gasteiger partial charge in [0.15, 0.2) is 0 Å². The summed E-state index contributed by atoms with van der Waals surface area (Å²) in [7, 11) is 0. The molecule has 0 bridgehead atoms. The summed E-state index contributed by atoms with van der Waals surface area (Å²) < 4.78 is 0. The van der Waals surface area contributed by atoms with Crippen molar-refractivity contribution in [2.24, 2.45) is 11.7 Å². The average Bonchev–Trinajstić information content (AvgIpc) is 2.94. The van der Waals surface area contributed by atoms with Crippen LogP contribution in [-0.4, -0.2) is 29.6 Å². The number of hydrogen-bond acceptors (Lipinski definition) is 2. The van der Waals surface area contributed by atoms with E-state index in [1.165, 1.54) is 51.5 Å². The summed E-state index contributed by atoms with van der Waals surface area (Å²) in [6.07, 6.45) is 9.54. The van der Waals surface area contributed by atoms with Gasteiger partial charge in [-0.25, -0.2) is 0 Å². The van der Waals surface area contributed by atoms with Crippen LogP contribution in [0.4, 0.5) is 0 Å². The molecule has 94 valence electrons. The molecule has 0 radical (unpaired) electrons. The molecule has 2 heteroatoms. The van der Waals surface area contributed by atoms with E-state index in [9.17, 15) is 0 Å². The summed E-state index contributed by atoms with van der Waals surface area (Å²) in [6.45, 7) is 6.86. The maximum atomic E-state index is 6.19. The van der Waals surface area contributed by atoms with Gasteiger partial charge in [-0.2, -0.15) is 0 Å². The van der Waals surface area contributed by atoms with E-state index in [-0.39, 0.29) is 0 Å². The monoisotopic (exact) mass is 224 g/mol. The molecule has 1 aliphatic carbocycles. The Morgan fingerprint density at radius 3 is 2.62 bits per heavy atom. The van der Waals surface area contributed by atoms with E-state index in [4.69, 9.17) is 5.73 Å². The van der Waals surface area contributed by atoms with Gasteiger partial charge in [0.05, 0.1) is 0 Å². The Bertz CT molecular complexity index is 229. The van der Waals surface area contributed by atoms with Crippen LogP contribution >= 0.6 is 0 Å². The smallest absolute Gasteiger partial charge is 0.0362 e. The third-order valence-corrected chi connectivity index (χ3v) is 5.19. The largest absolute Gasteiger partial charge is 0.329 e. The molecule has 2 N–H and O–H groups in total. The first-order valence-corrected chi connectivity index (χ1v) is 7.25. The molecule has 1 heterocycles. The Morgan fingerprint density at radius 1 is 1.19 bits per heavy atom. The van der Waals surface area contributed by atoms with Gasteiger partial charge in [-0.1, -0.05) is 26.7 Å². The average molecular weight is 224 g/mol.